The van der Waals surface area contributed by atoms with E-state index in [4.69, 9.17) is 4.18 Å². The second-order valence-corrected chi connectivity index (χ2v) is 6.76. The van der Waals surface area contributed by atoms with Gasteiger partial charge in [0.05, 0.1) is 4.91 Å². The average Bonchev–Trinajstić information content (AvgIpc) is 2.49. The molecule has 4 heteroatoms. The lowest BCUT2D eigenvalue weighted by Gasteiger charge is -2.16. The van der Waals surface area contributed by atoms with E-state index in [0.29, 0.717) is 17.1 Å². The molecule has 3 nitrogen and oxygen atoms in total. The summed E-state index contributed by atoms with van der Waals surface area (Å²) in [4.78, 5) is 0.335. The molecule has 1 aliphatic carbocycles. The maximum Gasteiger partial charge on any atom is 0.335 e. The third kappa shape index (κ3) is 3.00. The van der Waals surface area contributed by atoms with Gasteiger partial charge in [-0.1, -0.05) is 42.0 Å². The first-order valence-electron chi connectivity index (χ1n) is 6.84. The Labute approximate surface area is 125 Å². The highest BCUT2D eigenvalue weighted by molar-refractivity contribution is 7.91. The number of hydrogen-bond donors (Lipinski definition) is 0. The molecule has 2 aromatic rings. The molecule has 21 heavy (non-hydrogen) atoms. The molecule has 0 amide bonds. The number of allylic oxidation sites excluding steroid dienone is 1. The van der Waals surface area contributed by atoms with E-state index >= 15 is 0 Å². The maximum atomic E-state index is 12.4. The van der Waals surface area contributed by atoms with Crippen LogP contribution in [-0.4, -0.2) is 8.42 Å². The van der Waals surface area contributed by atoms with Gasteiger partial charge >= 0.3 is 10.1 Å². The molecule has 0 radical (unpaired) electrons. The zero-order chi connectivity index (χ0) is 14.9. The van der Waals surface area contributed by atoms with Crippen molar-refractivity contribution in [3.63, 3.8) is 0 Å². The summed E-state index contributed by atoms with van der Waals surface area (Å²) in [5.41, 5.74) is 3.19. The van der Waals surface area contributed by atoms with Gasteiger partial charge in [0.1, 0.15) is 5.75 Å². The minimum absolute atomic E-state index is 0.335. The van der Waals surface area contributed by atoms with Crippen LogP contribution >= 0.6 is 0 Å². The van der Waals surface area contributed by atoms with Gasteiger partial charge < -0.3 is 4.18 Å². The summed E-state index contributed by atoms with van der Waals surface area (Å²) in [6, 6.07) is 14.8. The fraction of sp³-hybridized carbons (Fsp3) is 0.176. The highest BCUT2D eigenvalue weighted by Crippen LogP contribution is 2.28. The Morgan fingerprint density at radius 1 is 0.952 bits per heavy atom. The van der Waals surface area contributed by atoms with Crippen molar-refractivity contribution in [1.29, 1.82) is 0 Å². The SMILES string of the molecule is Cc1ccc(OS(=O)(=O)C2=Cc3ccccc3CC2)cc1. The molecule has 2 aromatic carbocycles. The molecule has 1 aliphatic rings. The molecular weight excluding hydrogens is 284 g/mol. The van der Waals surface area contributed by atoms with E-state index < -0.39 is 10.1 Å². The van der Waals surface area contributed by atoms with Crippen molar-refractivity contribution in [3.8, 4) is 5.75 Å². The Morgan fingerprint density at radius 2 is 1.67 bits per heavy atom. The molecule has 0 aliphatic heterocycles. The van der Waals surface area contributed by atoms with E-state index in [0.717, 1.165) is 17.5 Å². The van der Waals surface area contributed by atoms with E-state index in [2.05, 4.69) is 0 Å². The van der Waals surface area contributed by atoms with Crippen LogP contribution in [0.4, 0.5) is 0 Å². The van der Waals surface area contributed by atoms with Crippen molar-refractivity contribution >= 4 is 16.2 Å². The van der Waals surface area contributed by atoms with Gasteiger partial charge in [0.2, 0.25) is 0 Å². The molecule has 0 aromatic heterocycles. The molecule has 0 fully saturated rings. The quantitative estimate of drug-likeness (QED) is 0.812. The van der Waals surface area contributed by atoms with E-state index in [9.17, 15) is 8.42 Å². The van der Waals surface area contributed by atoms with Crippen molar-refractivity contribution in [1.82, 2.24) is 0 Å². The number of hydrogen-bond acceptors (Lipinski definition) is 3. The molecule has 108 valence electrons. The topological polar surface area (TPSA) is 43.4 Å². The lowest BCUT2D eigenvalue weighted by atomic mass is 9.98. The van der Waals surface area contributed by atoms with Gasteiger partial charge in [-0.25, -0.2) is 0 Å². The van der Waals surface area contributed by atoms with Gasteiger partial charge in [0.15, 0.2) is 0 Å². The van der Waals surface area contributed by atoms with Crippen molar-refractivity contribution in [2.45, 2.75) is 19.8 Å². The summed E-state index contributed by atoms with van der Waals surface area (Å²) in [6.07, 6.45) is 2.91. The molecule has 0 bridgehead atoms. The average molecular weight is 300 g/mol. The van der Waals surface area contributed by atoms with Crippen molar-refractivity contribution in [2.24, 2.45) is 0 Å². The minimum Gasteiger partial charge on any atom is -0.379 e. The predicted octanol–water partition coefficient (Wildman–Crippen LogP) is 3.69. The normalized spacial score (nSPS) is 14.2. The monoisotopic (exact) mass is 300 g/mol. The Morgan fingerprint density at radius 3 is 2.43 bits per heavy atom. The lowest BCUT2D eigenvalue weighted by molar-refractivity contribution is 0.491. The Balaban J connectivity index is 1.89. The summed E-state index contributed by atoms with van der Waals surface area (Å²) in [5.74, 6) is 0.348. The first kappa shape index (κ1) is 13.9. The van der Waals surface area contributed by atoms with Gasteiger partial charge in [-0.05, 0) is 49.1 Å². The third-order valence-electron chi connectivity index (χ3n) is 3.56. The lowest BCUT2D eigenvalue weighted by Crippen LogP contribution is -2.15. The number of benzene rings is 2. The molecule has 0 heterocycles. The van der Waals surface area contributed by atoms with Crippen LogP contribution in [-0.2, 0) is 16.5 Å². The van der Waals surface area contributed by atoms with Crippen LogP contribution in [0.2, 0.25) is 0 Å². The molecule has 0 N–H and O–H groups in total. The number of aryl methyl sites for hydroxylation is 2. The van der Waals surface area contributed by atoms with E-state index in [-0.39, 0.29) is 0 Å². The van der Waals surface area contributed by atoms with Crippen LogP contribution < -0.4 is 4.18 Å². The summed E-state index contributed by atoms with van der Waals surface area (Å²) < 4.78 is 29.9. The zero-order valence-electron chi connectivity index (χ0n) is 11.7. The third-order valence-corrected chi connectivity index (χ3v) is 4.94. The molecule has 0 saturated carbocycles. The number of rotatable bonds is 3. The Kier molecular flexibility index (Phi) is 3.55. The van der Waals surface area contributed by atoms with Gasteiger partial charge in [0.25, 0.3) is 0 Å². The fourth-order valence-corrected chi connectivity index (χ4v) is 3.47. The maximum absolute atomic E-state index is 12.4. The summed E-state index contributed by atoms with van der Waals surface area (Å²) in [7, 11) is -3.73. The van der Waals surface area contributed by atoms with Crippen LogP contribution in [0.25, 0.3) is 6.08 Å². The van der Waals surface area contributed by atoms with Crippen LogP contribution in [0.5, 0.6) is 5.75 Å². The first-order chi connectivity index (χ1) is 10.0. The van der Waals surface area contributed by atoms with E-state index in [1.165, 1.54) is 5.56 Å². The Bertz CT molecular complexity index is 787. The Hall–Kier alpha value is -2.07. The zero-order valence-corrected chi connectivity index (χ0v) is 12.6. The second-order valence-electron chi connectivity index (χ2n) is 5.16. The van der Waals surface area contributed by atoms with Crippen LogP contribution in [0.3, 0.4) is 0 Å². The largest absolute Gasteiger partial charge is 0.379 e. The first-order valence-corrected chi connectivity index (χ1v) is 8.25. The van der Waals surface area contributed by atoms with E-state index in [1.54, 1.807) is 18.2 Å². The van der Waals surface area contributed by atoms with Gasteiger partial charge in [-0.2, -0.15) is 8.42 Å². The van der Waals surface area contributed by atoms with Crippen molar-refractivity contribution < 1.29 is 12.6 Å². The van der Waals surface area contributed by atoms with Gasteiger partial charge in [-0.15, -0.1) is 0 Å². The molecular formula is C17H16O3S. The molecule has 3 rings (SSSR count). The van der Waals surface area contributed by atoms with E-state index in [1.807, 2.05) is 43.3 Å². The molecule has 0 saturated heterocycles. The molecule has 0 unspecified atom stereocenters. The fourth-order valence-electron chi connectivity index (χ4n) is 2.38. The smallest absolute Gasteiger partial charge is 0.335 e. The highest BCUT2D eigenvalue weighted by Gasteiger charge is 2.23. The van der Waals surface area contributed by atoms with Gasteiger partial charge in [-0.3, -0.25) is 0 Å². The van der Waals surface area contributed by atoms with Crippen LogP contribution in [0.1, 0.15) is 23.1 Å². The number of fused-ring (bicyclic) bond motifs is 1. The molecule has 0 atom stereocenters. The van der Waals surface area contributed by atoms with Gasteiger partial charge in [0, 0.05) is 0 Å². The highest BCUT2D eigenvalue weighted by atomic mass is 32.2. The summed E-state index contributed by atoms with van der Waals surface area (Å²) >= 11 is 0. The predicted molar refractivity (Wildman–Crippen MR) is 83.5 cm³/mol. The van der Waals surface area contributed by atoms with Crippen molar-refractivity contribution in [2.75, 3.05) is 0 Å². The standard InChI is InChI=1S/C17H16O3S/c1-13-6-9-16(10-7-13)20-21(18,19)17-11-8-14-4-2-3-5-15(14)12-17/h2-7,9-10,12H,8,11H2,1H3. The minimum atomic E-state index is -3.73. The summed E-state index contributed by atoms with van der Waals surface area (Å²) in [6.45, 7) is 1.94. The second kappa shape index (κ2) is 5.37. The molecule has 0 spiro atoms. The van der Waals surface area contributed by atoms with Crippen molar-refractivity contribution in [3.05, 3.63) is 70.1 Å². The van der Waals surface area contributed by atoms with Crippen LogP contribution in [0, 0.1) is 6.92 Å². The summed E-state index contributed by atoms with van der Waals surface area (Å²) in [5, 5.41) is 0. The van der Waals surface area contributed by atoms with Crippen LogP contribution in [0.15, 0.2) is 53.4 Å².